The molecule has 0 amide bonds. The molecule has 8 aromatic rings. The van der Waals surface area contributed by atoms with Gasteiger partial charge in [-0.1, -0.05) is 140 Å². The Morgan fingerprint density at radius 2 is 1.10 bits per heavy atom. The maximum atomic E-state index is 2.55. The predicted molar refractivity (Wildman–Crippen MR) is 214 cm³/mol. The summed E-state index contributed by atoms with van der Waals surface area (Å²) in [5.74, 6) is 0.509. The number of anilines is 2. The molecule has 1 heterocycles. The highest BCUT2D eigenvalue weighted by atomic mass is 32.1. The van der Waals surface area contributed by atoms with Gasteiger partial charge in [0.1, 0.15) is 0 Å². The maximum absolute atomic E-state index is 2.55. The number of nitrogens with zero attached hydrogens (tertiary/aromatic N) is 1. The summed E-state index contributed by atoms with van der Waals surface area (Å²) in [4.78, 5) is 2.55. The molecule has 49 heavy (non-hydrogen) atoms. The fourth-order valence-corrected chi connectivity index (χ4v) is 8.92. The molecule has 2 heteroatoms. The van der Waals surface area contributed by atoms with Crippen LogP contribution in [0.4, 0.5) is 11.4 Å². The first-order chi connectivity index (χ1) is 24.2. The molecule has 0 aliphatic heterocycles. The minimum Gasteiger partial charge on any atom is -0.339 e. The van der Waals surface area contributed by atoms with Crippen molar-refractivity contribution in [1.29, 1.82) is 0 Å². The van der Waals surface area contributed by atoms with Crippen molar-refractivity contribution in [2.24, 2.45) is 0 Å². The van der Waals surface area contributed by atoms with Crippen LogP contribution < -0.4 is 4.90 Å². The van der Waals surface area contributed by atoms with Crippen molar-refractivity contribution in [3.05, 3.63) is 169 Å². The average Bonchev–Trinajstić information content (AvgIpc) is 3.55. The number of hydrogen-bond acceptors (Lipinski definition) is 2. The third-order valence-corrected chi connectivity index (χ3v) is 11.5. The molecule has 1 aromatic heterocycles. The van der Waals surface area contributed by atoms with Crippen molar-refractivity contribution in [2.75, 3.05) is 4.90 Å². The summed E-state index contributed by atoms with van der Waals surface area (Å²) in [6, 6.07) is 60.4. The largest absolute Gasteiger partial charge is 0.339 e. The first kappa shape index (κ1) is 31.1. The minimum atomic E-state index is 0.307. The van der Waals surface area contributed by atoms with Gasteiger partial charge < -0.3 is 4.90 Å². The molecule has 240 valence electrons. The van der Waals surface area contributed by atoms with Crippen molar-refractivity contribution in [1.82, 2.24) is 0 Å². The van der Waals surface area contributed by atoms with Crippen LogP contribution in [0, 0.1) is 0 Å². The lowest BCUT2D eigenvalue weighted by Crippen LogP contribution is -2.28. The Kier molecular flexibility index (Phi) is 8.73. The third kappa shape index (κ3) is 6.14. The maximum Gasteiger partial charge on any atom is 0.0413 e. The number of rotatable bonds is 10. The summed E-state index contributed by atoms with van der Waals surface area (Å²) >= 11 is 1.96. The molecular formula is C47H41NS. The molecular weight excluding hydrogens is 611 g/mol. The van der Waals surface area contributed by atoms with E-state index < -0.39 is 0 Å². The summed E-state index contributed by atoms with van der Waals surface area (Å²) in [6.45, 7) is 4.75. The van der Waals surface area contributed by atoms with Gasteiger partial charge in [-0.3, -0.25) is 0 Å². The van der Waals surface area contributed by atoms with Crippen LogP contribution in [0.25, 0.3) is 53.2 Å². The van der Waals surface area contributed by atoms with Crippen LogP contribution in [0.2, 0.25) is 0 Å². The SMILES string of the molecule is CCC(CCC(C)N(c1ccc(-c2ccccc2)cc1)c1ccc(-c2cccc3ccccc23)cc1)c1cccc2c1sc1ccccc12. The van der Waals surface area contributed by atoms with Crippen molar-refractivity contribution in [2.45, 2.75) is 45.1 Å². The second kappa shape index (κ2) is 13.7. The van der Waals surface area contributed by atoms with Gasteiger partial charge in [0.15, 0.2) is 0 Å². The third-order valence-electron chi connectivity index (χ3n) is 10.2. The molecule has 7 aromatic carbocycles. The van der Waals surface area contributed by atoms with E-state index in [9.17, 15) is 0 Å². The molecule has 0 aliphatic rings. The van der Waals surface area contributed by atoms with Crippen molar-refractivity contribution in [3.63, 3.8) is 0 Å². The highest BCUT2D eigenvalue weighted by Crippen LogP contribution is 2.41. The van der Waals surface area contributed by atoms with Crippen LogP contribution in [0.3, 0.4) is 0 Å². The molecule has 2 atom stereocenters. The van der Waals surface area contributed by atoms with Crippen LogP contribution in [-0.2, 0) is 0 Å². The summed E-state index contributed by atoms with van der Waals surface area (Å²) in [6.07, 6.45) is 3.36. The number of benzene rings is 7. The van der Waals surface area contributed by atoms with Crippen LogP contribution in [-0.4, -0.2) is 6.04 Å². The Morgan fingerprint density at radius 1 is 0.510 bits per heavy atom. The van der Waals surface area contributed by atoms with E-state index >= 15 is 0 Å². The van der Waals surface area contributed by atoms with E-state index in [0.29, 0.717) is 12.0 Å². The van der Waals surface area contributed by atoms with Gasteiger partial charge in [-0.05, 0) is 101 Å². The van der Waals surface area contributed by atoms with E-state index in [1.807, 2.05) is 11.3 Å². The lowest BCUT2D eigenvalue weighted by molar-refractivity contribution is 0.529. The van der Waals surface area contributed by atoms with Crippen molar-refractivity contribution < 1.29 is 0 Å². The summed E-state index contributed by atoms with van der Waals surface area (Å²) < 4.78 is 2.84. The Labute approximate surface area is 294 Å². The number of hydrogen-bond donors (Lipinski definition) is 0. The molecule has 0 saturated heterocycles. The van der Waals surface area contributed by atoms with Gasteiger partial charge in [0.25, 0.3) is 0 Å². The highest BCUT2D eigenvalue weighted by Gasteiger charge is 2.21. The van der Waals surface area contributed by atoms with Gasteiger partial charge >= 0.3 is 0 Å². The molecule has 0 saturated carbocycles. The second-order valence-electron chi connectivity index (χ2n) is 13.2. The Morgan fingerprint density at radius 3 is 1.86 bits per heavy atom. The predicted octanol–water partition coefficient (Wildman–Crippen LogP) is 14.0. The fourth-order valence-electron chi connectivity index (χ4n) is 7.62. The second-order valence-corrected chi connectivity index (χ2v) is 14.3. The van der Waals surface area contributed by atoms with Crippen LogP contribution in [0.5, 0.6) is 0 Å². The lowest BCUT2D eigenvalue weighted by atomic mass is 9.89. The van der Waals surface area contributed by atoms with Gasteiger partial charge in [0, 0.05) is 37.6 Å². The Balaban J connectivity index is 1.11. The number of thiophene rings is 1. The highest BCUT2D eigenvalue weighted by molar-refractivity contribution is 7.26. The van der Waals surface area contributed by atoms with Gasteiger partial charge in [0.05, 0.1) is 0 Å². The summed E-state index contributed by atoms with van der Waals surface area (Å²) in [5, 5.41) is 5.34. The first-order valence-corrected chi connectivity index (χ1v) is 18.4. The molecule has 8 rings (SSSR count). The topological polar surface area (TPSA) is 3.24 Å². The Bertz CT molecular complexity index is 2330. The van der Waals surface area contributed by atoms with E-state index in [0.717, 1.165) is 19.3 Å². The van der Waals surface area contributed by atoms with Crippen LogP contribution >= 0.6 is 11.3 Å². The lowest BCUT2D eigenvalue weighted by Gasteiger charge is -2.33. The monoisotopic (exact) mass is 651 g/mol. The minimum absolute atomic E-state index is 0.307. The van der Waals surface area contributed by atoms with Crippen LogP contribution in [0.1, 0.15) is 44.6 Å². The zero-order chi connectivity index (χ0) is 33.2. The zero-order valence-corrected chi connectivity index (χ0v) is 29.0. The van der Waals surface area contributed by atoms with Crippen molar-refractivity contribution >= 4 is 53.7 Å². The Hall–Kier alpha value is -5.18. The first-order valence-electron chi connectivity index (χ1n) is 17.6. The van der Waals surface area contributed by atoms with Crippen molar-refractivity contribution in [3.8, 4) is 22.3 Å². The van der Waals surface area contributed by atoms with E-state index in [2.05, 4.69) is 183 Å². The molecule has 0 N–H and O–H groups in total. The zero-order valence-electron chi connectivity index (χ0n) is 28.2. The van der Waals surface area contributed by atoms with E-state index in [1.165, 1.54) is 70.1 Å². The molecule has 0 aliphatic carbocycles. The summed E-state index contributed by atoms with van der Waals surface area (Å²) in [7, 11) is 0. The average molecular weight is 652 g/mol. The molecule has 0 bridgehead atoms. The van der Waals surface area contributed by atoms with Crippen LogP contribution in [0.15, 0.2) is 164 Å². The molecule has 0 radical (unpaired) electrons. The van der Waals surface area contributed by atoms with Gasteiger partial charge in [-0.25, -0.2) is 0 Å². The van der Waals surface area contributed by atoms with Gasteiger partial charge in [-0.2, -0.15) is 0 Å². The molecule has 0 fully saturated rings. The smallest absolute Gasteiger partial charge is 0.0413 e. The normalized spacial score (nSPS) is 12.8. The summed E-state index contributed by atoms with van der Waals surface area (Å²) in [5.41, 5.74) is 8.97. The van der Waals surface area contributed by atoms with E-state index in [4.69, 9.17) is 0 Å². The quantitative estimate of drug-likeness (QED) is 0.142. The van der Waals surface area contributed by atoms with E-state index in [1.54, 1.807) is 0 Å². The molecule has 0 spiro atoms. The fraction of sp³-hybridized carbons (Fsp3) is 0.149. The number of fused-ring (bicyclic) bond motifs is 4. The molecule has 1 nitrogen and oxygen atoms in total. The standard InChI is InChI=1S/C47H41NS/c1-3-34(43-20-12-21-45-44-18-9-10-22-46(44)49-47(43)45)24-23-33(2)48(39-29-25-36(26-30-39)35-13-5-4-6-14-35)40-31-27-38(28-32-40)42-19-11-16-37-15-7-8-17-41(37)42/h4-22,25-34H,3,23-24H2,1-2H3. The molecule has 2 unspecified atom stereocenters. The van der Waals surface area contributed by atoms with Gasteiger partial charge in [-0.15, -0.1) is 11.3 Å². The van der Waals surface area contributed by atoms with E-state index in [-0.39, 0.29) is 0 Å². The van der Waals surface area contributed by atoms with Gasteiger partial charge in [0.2, 0.25) is 0 Å².